The Bertz CT molecular complexity index is 114. The minimum atomic E-state index is 0.597. The van der Waals surface area contributed by atoms with Crippen molar-refractivity contribution in [2.75, 3.05) is 6.54 Å². The van der Waals surface area contributed by atoms with Gasteiger partial charge in [0.2, 0.25) is 0 Å². The van der Waals surface area contributed by atoms with Gasteiger partial charge in [0.05, 0.1) is 0 Å². The quantitative estimate of drug-likeness (QED) is 0.602. The maximum atomic E-state index is 3.39. The van der Waals surface area contributed by atoms with Gasteiger partial charge in [-0.05, 0) is 13.3 Å². The molecule has 1 nitrogen and oxygen atoms in total. The molecule has 0 radical (unpaired) electrons. The van der Waals surface area contributed by atoms with Gasteiger partial charge in [-0.15, -0.1) is 0 Å². The molecule has 0 aromatic rings. The van der Waals surface area contributed by atoms with Crippen LogP contribution < -0.4 is 5.32 Å². The monoisotopic (exact) mass is 155 g/mol. The molecule has 0 aliphatic rings. The molecule has 11 heavy (non-hydrogen) atoms. The van der Waals surface area contributed by atoms with Gasteiger partial charge in [-0.25, -0.2) is 0 Å². The highest BCUT2D eigenvalue weighted by Crippen LogP contribution is 1.96. The summed E-state index contributed by atoms with van der Waals surface area (Å²) in [6, 6.07) is 0.597. The molecule has 0 rings (SSSR count). The van der Waals surface area contributed by atoms with Crippen LogP contribution >= 0.6 is 0 Å². The number of hydrogen-bond donors (Lipinski definition) is 1. The number of nitrogens with one attached hydrogen (secondary N) is 1. The van der Waals surface area contributed by atoms with Crippen LogP contribution in [0.5, 0.6) is 0 Å². The fraction of sp³-hybridized carbons (Fsp3) is 0.800. The van der Waals surface area contributed by atoms with E-state index in [0.717, 1.165) is 6.54 Å². The van der Waals surface area contributed by atoms with Crippen LogP contribution in [0, 0.1) is 0 Å². The molecule has 0 bridgehead atoms. The predicted octanol–water partition coefficient (Wildman–Crippen LogP) is 2.73. The molecular formula is C10H21N. The van der Waals surface area contributed by atoms with Crippen LogP contribution in [-0.2, 0) is 0 Å². The number of rotatable bonds is 5. The molecule has 0 spiro atoms. The predicted molar refractivity (Wildman–Crippen MR) is 51.8 cm³/mol. The number of unbranched alkanes of at least 4 members (excludes halogenated alkanes) is 1. The van der Waals surface area contributed by atoms with E-state index in [9.17, 15) is 0 Å². The van der Waals surface area contributed by atoms with E-state index in [4.69, 9.17) is 0 Å². The lowest BCUT2D eigenvalue weighted by Crippen LogP contribution is -2.24. The first-order chi connectivity index (χ1) is 5.16. The molecule has 66 valence electrons. The minimum Gasteiger partial charge on any atom is -0.311 e. The van der Waals surface area contributed by atoms with Crippen molar-refractivity contribution in [3.8, 4) is 0 Å². The summed E-state index contributed by atoms with van der Waals surface area (Å²) in [6.07, 6.45) is 4.78. The SMILES string of the molecule is CCC/C=C(\C)CNC(C)C. The van der Waals surface area contributed by atoms with Crippen molar-refractivity contribution in [1.29, 1.82) is 0 Å². The van der Waals surface area contributed by atoms with Crippen molar-refractivity contribution in [3.63, 3.8) is 0 Å². The number of allylic oxidation sites excluding steroid dienone is 1. The average molecular weight is 155 g/mol. The van der Waals surface area contributed by atoms with E-state index in [2.05, 4.69) is 39.1 Å². The third kappa shape index (κ3) is 7.60. The van der Waals surface area contributed by atoms with Gasteiger partial charge >= 0.3 is 0 Å². The third-order valence-electron chi connectivity index (χ3n) is 1.57. The van der Waals surface area contributed by atoms with Crippen molar-refractivity contribution in [2.24, 2.45) is 0 Å². The molecule has 0 unspecified atom stereocenters. The summed E-state index contributed by atoms with van der Waals surface area (Å²) < 4.78 is 0. The Kier molecular flexibility index (Phi) is 6.24. The Morgan fingerprint density at radius 3 is 2.55 bits per heavy atom. The first-order valence-electron chi connectivity index (χ1n) is 4.55. The zero-order valence-corrected chi connectivity index (χ0v) is 8.28. The molecule has 0 aliphatic carbocycles. The van der Waals surface area contributed by atoms with E-state index in [1.54, 1.807) is 0 Å². The molecular weight excluding hydrogens is 134 g/mol. The van der Waals surface area contributed by atoms with E-state index in [1.165, 1.54) is 18.4 Å². The van der Waals surface area contributed by atoms with Gasteiger partial charge in [0.15, 0.2) is 0 Å². The summed E-state index contributed by atoms with van der Waals surface area (Å²) in [5, 5.41) is 3.39. The first kappa shape index (κ1) is 10.7. The molecule has 0 heterocycles. The molecule has 1 heteroatoms. The van der Waals surface area contributed by atoms with Crippen molar-refractivity contribution in [3.05, 3.63) is 11.6 Å². The fourth-order valence-corrected chi connectivity index (χ4v) is 0.828. The van der Waals surface area contributed by atoms with Crippen molar-refractivity contribution in [2.45, 2.75) is 46.6 Å². The van der Waals surface area contributed by atoms with Crippen LogP contribution in [0.2, 0.25) is 0 Å². The van der Waals surface area contributed by atoms with E-state index < -0.39 is 0 Å². The molecule has 0 aliphatic heterocycles. The maximum absolute atomic E-state index is 3.39. The molecule has 0 aromatic heterocycles. The Morgan fingerprint density at radius 2 is 2.09 bits per heavy atom. The molecule has 1 N–H and O–H groups in total. The molecule has 0 saturated heterocycles. The van der Waals surface area contributed by atoms with Gasteiger partial charge in [0, 0.05) is 12.6 Å². The van der Waals surface area contributed by atoms with Crippen LogP contribution in [0.3, 0.4) is 0 Å². The van der Waals surface area contributed by atoms with Gasteiger partial charge in [0.1, 0.15) is 0 Å². The summed E-state index contributed by atoms with van der Waals surface area (Å²) >= 11 is 0. The summed E-state index contributed by atoms with van der Waals surface area (Å²) in [5.74, 6) is 0. The number of hydrogen-bond acceptors (Lipinski definition) is 1. The largest absolute Gasteiger partial charge is 0.311 e. The highest BCUT2D eigenvalue weighted by molar-refractivity contribution is 4.99. The van der Waals surface area contributed by atoms with E-state index in [1.807, 2.05) is 0 Å². The topological polar surface area (TPSA) is 12.0 Å². The van der Waals surface area contributed by atoms with E-state index >= 15 is 0 Å². The summed E-state index contributed by atoms with van der Waals surface area (Å²) in [5.41, 5.74) is 1.46. The summed E-state index contributed by atoms with van der Waals surface area (Å²) in [7, 11) is 0. The standard InChI is InChI=1S/C10H21N/c1-5-6-7-10(4)8-11-9(2)3/h7,9,11H,5-6,8H2,1-4H3/b10-7+. The second-order valence-electron chi connectivity index (χ2n) is 3.37. The minimum absolute atomic E-state index is 0.597. The molecule has 0 saturated carbocycles. The summed E-state index contributed by atoms with van der Waals surface area (Å²) in [6.45, 7) is 9.78. The highest BCUT2D eigenvalue weighted by atomic mass is 14.9. The first-order valence-corrected chi connectivity index (χ1v) is 4.55. The smallest absolute Gasteiger partial charge is 0.0164 e. The normalized spacial score (nSPS) is 12.6. The van der Waals surface area contributed by atoms with Gasteiger partial charge < -0.3 is 5.32 Å². The zero-order chi connectivity index (χ0) is 8.69. The van der Waals surface area contributed by atoms with Gasteiger partial charge in [-0.1, -0.05) is 38.8 Å². The van der Waals surface area contributed by atoms with E-state index in [0.29, 0.717) is 6.04 Å². The Labute approximate surface area is 70.9 Å². The van der Waals surface area contributed by atoms with Crippen LogP contribution in [0.4, 0.5) is 0 Å². The van der Waals surface area contributed by atoms with E-state index in [-0.39, 0.29) is 0 Å². The van der Waals surface area contributed by atoms with Gasteiger partial charge in [-0.3, -0.25) is 0 Å². The third-order valence-corrected chi connectivity index (χ3v) is 1.57. The average Bonchev–Trinajstić information content (AvgIpc) is 1.97. The lowest BCUT2D eigenvalue weighted by molar-refractivity contribution is 0.620. The lowest BCUT2D eigenvalue weighted by atomic mass is 10.2. The second-order valence-corrected chi connectivity index (χ2v) is 3.37. The van der Waals surface area contributed by atoms with Gasteiger partial charge in [-0.2, -0.15) is 0 Å². The Balaban J connectivity index is 3.42. The van der Waals surface area contributed by atoms with Crippen LogP contribution in [0.15, 0.2) is 11.6 Å². The van der Waals surface area contributed by atoms with Crippen molar-refractivity contribution in [1.82, 2.24) is 5.32 Å². The maximum Gasteiger partial charge on any atom is 0.0164 e. The summed E-state index contributed by atoms with van der Waals surface area (Å²) in [4.78, 5) is 0. The second kappa shape index (κ2) is 6.41. The van der Waals surface area contributed by atoms with Crippen LogP contribution in [0.25, 0.3) is 0 Å². The van der Waals surface area contributed by atoms with Gasteiger partial charge in [0.25, 0.3) is 0 Å². The Hall–Kier alpha value is -0.300. The fourth-order valence-electron chi connectivity index (χ4n) is 0.828. The molecule has 0 fully saturated rings. The van der Waals surface area contributed by atoms with Crippen LogP contribution in [-0.4, -0.2) is 12.6 Å². The van der Waals surface area contributed by atoms with Crippen LogP contribution in [0.1, 0.15) is 40.5 Å². The Morgan fingerprint density at radius 1 is 1.45 bits per heavy atom. The van der Waals surface area contributed by atoms with Crippen molar-refractivity contribution >= 4 is 0 Å². The highest BCUT2D eigenvalue weighted by Gasteiger charge is 1.91. The van der Waals surface area contributed by atoms with Crippen molar-refractivity contribution < 1.29 is 0 Å². The molecule has 0 atom stereocenters. The molecule has 0 aromatic carbocycles. The lowest BCUT2D eigenvalue weighted by Gasteiger charge is -2.07. The zero-order valence-electron chi connectivity index (χ0n) is 8.28. The molecule has 0 amide bonds.